The van der Waals surface area contributed by atoms with Crippen molar-refractivity contribution in [2.45, 2.75) is 38.5 Å². The molecule has 1 fully saturated rings. The average Bonchev–Trinajstić information content (AvgIpc) is 2.64. The summed E-state index contributed by atoms with van der Waals surface area (Å²) in [6, 6.07) is 0.419. The van der Waals surface area contributed by atoms with Gasteiger partial charge in [0, 0.05) is 25.2 Å². The highest BCUT2D eigenvalue weighted by Gasteiger charge is 2.29. The van der Waals surface area contributed by atoms with Crippen LogP contribution in [0.2, 0.25) is 0 Å². The summed E-state index contributed by atoms with van der Waals surface area (Å²) in [4.78, 5) is 13.5. The molecule has 1 atom stereocenters. The van der Waals surface area contributed by atoms with Gasteiger partial charge in [-0.3, -0.25) is 9.69 Å². The van der Waals surface area contributed by atoms with Gasteiger partial charge in [-0.15, -0.1) is 0 Å². The highest BCUT2D eigenvalue weighted by molar-refractivity contribution is 5.77. The third kappa shape index (κ3) is 5.68. The number of hydrogen-bond acceptors (Lipinski definition) is 3. The molecule has 1 amide bonds. The number of carbonyl (C=O) groups excluding carboxylic acids is 1. The minimum Gasteiger partial charge on any atom is -0.362 e. The molecule has 0 radical (unpaired) electrons. The second-order valence-corrected chi connectivity index (χ2v) is 4.75. The van der Waals surface area contributed by atoms with Gasteiger partial charge in [-0.2, -0.15) is 13.2 Å². The average molecular weight is 268 g/mol. The van der Waals surface area contributed by atoms with E-state index in [-0.39, 0.29) is 6.04 Å². The van der Waals surface area contributed by atoms with Crippen molar-refractivity contribution in [1.29, 1.82) is 0 Å². The molecule has 0 aromatic carbocycles. The summed E-state index contributed by atoms with van der Waals surface area (Å²) in [5.74, 6) is -0.491. The molecule has 0 aliphatic carbocycles. The zero-order valence-corrected chi connectivity index (χ0v) is 10.6. The van der Waals surface area contributed by atoms with Gasteiger partial charge in [0.05, 0.1) is 0 Å². The monoisotopic (exact) mass is 268 g/mol. The summed E-state index contributed by atoms with van der Waals surface area (Å²) in [6.07, 6.45) is -3.56. The predicted molar refractivity (Wildman–Crippen MR) is 60.1 cm³/mol. The quantitative estimate of drug-likeness (QED) is 0.813. The van der Waals surface area contributed by atoms with E-state index in [4.69, 9.17) is 0 Å². The number of alkyl halides is 3. The van der Waals surface area contributed by atoms with Gasteiger partial charge >= 0.3 is 6.18 Å². The predicted octanol–water partition coefficient (Wildman–Crippen LogP) is 1.16. The molecule has 1 unspecified atom stereocenters. The van der Waals surface area contributed by atoms with Crippen LogP contribution in [0.3, 0.4) is 0 Å². The minimum absolute atomic E-state index is 0.00869. The molecule has 0 saturated carbocycles. The summed E-state index contributed by atoms with van der Waals surface area (Å²) in [7, 11) is 0. The minimum atomic E-state index is -4.39. The Hall–Kier alpha value is -0.820. The van der Waals surface area contributed by atoms with E-state index in [1.54, 1.807) is 0 Å². The summed E-state index contributed by atoms with van der Waals surface area (Å²) in [5.41, 5.74) is 0. The first kappa shape index (κ1) is 15.2. The molecule has 1 aliphatic heterocycles. The third-order valence-electron chi connectivity index (χ3n) is 2.81. The van der Waals surface area contributed by atoms with E-state index in [0.29, 0.717) is 6.04 Å². The maximum Gasteiger partial charge on any atom is 0.411 e. The second-order valence-electron chi connectivity index (χ2n) is 4.75. The van der Waals surface area contributed by atoms with Gasteiger partial charge in [0.1, 0.15) is 13.2 Å². The van der Waals surface area contributed by atoms with Crippen molar-refractivity contribution in [3.63, 3.8) is 0 Å². The van der Waals surface area contributed by atoms with Gasteiger partial charge in [0.25, 0.3) is 0 Å². The molecule has 106 valence electrons. The molecule has 7 heteroatoms. The number of rotatable bonds is 5. The van der Waals surface area contributed by atoms with Crippen molar-refractivity contribution < 1.29 is 22.7 Å². The highest BCUT2D eigenvalue weighted by atomic mass is 19.4. The van der Waals surface area contributed by atoms with Crippen LogP contribution in [-0.4, -0.2) is 55.4 Å². The van der Waals surface area contributed by atoms with Crippen molar-refractivity contribution in [3.8, 4) is 0 Å². The second kappa shape index (κ2) is 6.38. The Labute approximate surface area is 104 Å². The molecule has 0 aromatic rings. The lowest BCUT2D eigenvalue weighted by molar-refractivity contribution is -0.175. The Morgan fingerprint density at radius 1 is 1.50 bits per heavy atom. The molecule has 1 N–H and O–H groups in total. The first-order valence-electron chi connectivity index (χ1n) is 5.96. The van der Waals surface area contributed by atoms with Crippen LogP contribution in [0.1, 0.15) is 20.3 Å². The maximum atomic E-state index is 11.8. The number of hydrogen-bond donors (Lipinski definition) is 1. The fourth-order valence-electron chi connectivity index (χ4n) is 1.90. The fraction of sp³-hybridized carbons (Fsp3) is 0.909. The molecular formula is C11H19F3N2O2. The van der Waals surface area contributed by atoms with Gasteiger partial charge in [0.15, 0.2) is 0 Å². The van der Waals surface area contributed by atoms with Crippen LogP contribution in [0.4, 0.5) is 13.2 Å². The lowest BCUT2D eigenvalue weighted by Crippen LogP contribution is -2.40. The Balaban J connectivity index is 2.18. The molecular weight excluding hydrogens is 249 g/mol. The molecule has 1 saturated heterocycles. The van der Waals surface area contributed by atoms with Gasteiger partial charge in [-0.1, -0.05) is 0 Å². The first-order valence-corrected chi connectivity index (χ1v) is 5.96. The van der Waals surface area contributed by atoms with E-state index in [1.165, 1.54) is 0 Å². The number of halogens is 3. The summed E-state index contributed by atoms with van der Waals surface area (Å²) >= 11 is 0. The standard InChI is InChI=1S/C11H19F3N2O2/c1-8(2)16-4-3-9(5-16)15-10(17)6-18-7-11(12,13)14/h8-9H,3-7H2,1-2H3,(H,15,17). The molecule has 1 heterocycles. The van der Waals surface area contributed by atoms with E-state index >= 15 is 0 Å². The fourth-order valence-corrected chi connectivity index (χ4v) is 1.90. The Kier molecular flexibility index (Phi) is 5.40. The molecule has 0 bridgehead atoms. The molecule has 0 aromatic heterocycles. The number of nitrogens with one attached hydrogen (secondary N) is 1. The first-order chi connectivity index (χ1) is 8.28. The molecule has 1 rings (SSSR count). The van der Waals surface area contributed by atoms with E-state index in [2.05, 4.69) is 28.8 Å². The van der Waals surface area contributed by atoms with E-state index in [0.717, 1.165) is 19.5 Å². The van der Waals surface area contributed by atoms with Crippen LogP contribution in [0, 0.1) is 0 Å². The number of amides is 1. The van der Waals surface area contributed by atoms with Crippen molar-refractivity contribution >= 4 is 5.91 Å². The zero-order chi connectivity index (χ0) is 13.8. The molecule has 1 aliphatic rings. The van der Waals surface area contributed by atoms with E-state index < -0.39 is 25.3 Å². The molecule has 0 spiro atoms. The van der Waals surface area contributed by atoms with Crippen LogP contribution in [0.5, 0.6) is 0 Å². The van der Waals surface area contributed by atoms with Crippen molar-refractivity contribution in [1.82, 2.24) is 10.2 Å². The van der Waals surface area contributed by atoms with E-state index in [1.807, 2.05) is 0 Å². The summed E-state index contributed by atoms with van der Waals surface area (Å²) in [6.45, 7) is 3.84. The Bertz CT molecular complexity index is 282. The van der Waals surface area contributed by atoms with Crippen LogP contribution in [0.25, 0.3) is 0 Å². The number of likely N-dealkylation sites (tertiary alicyclic amines) is 1. The Morgan fingerprint density at radius 2 is 2.17 bits per heavy atom. The topological polar surface area (TPSA) is 41.6 Å². The van der Waals surface area contributed by atoms with Crippen molar-refractivity contribution in [2.24, 2.45) is 0 Å². The molecule has 4 nitrogen and oxygen atoms in total. The van der Waals surface area contributed by atoms with Crippen LogP contribution in [-0.2, 0) is 9.53 Å². The molecule has 18 heavy (non-hydrogen) atoms. The van der Waals surface area contributed by atoms with Crippen molar-refractivity contribution in [3.05, 3.63) is 0 Å². The van der Waals surface area contributed by atoms with Crippen LogP contribution in [0.15, 0.2) is 0 Å². The normalized spacial score (nSPS) is 21.6. The van der Waals surface area contributed by atoms with Crippen molar-refractivity contribution in [2.75, 3.05) is 26.3 Å². The number of nitrogens with zero attached hydrogens (tertiary/aromatic N) is 1. The van der Waals surface area contributed by atoms with E-state index in [9.17, 15) is 18.0 Å². The lowest BCUT2D eigenvalue weighted by Gasteiger charge is -2.20. The summed E-state index contributed by atoms with van der Waals surface area (Å²) < 4.78 is 39.7. The number of carbonyl (C=O) groups is 1. The SMILES string of the molecule is CC(C)N1CCC(NC(=O)COCC(F)(F)F)C1. The third-order valence-corrected chi connectivity index (χ3v) is 2.81. The smallest absolute Gasteiger partial charge is 0.362 e. The lowest BCUT2D eigenvalue weighted by atomic mass is 10.2. The number of ether oxygens (including phenoxy) is 1. The van der Waals surface area contributed by atoms with Gasteiger partial charge in [-0.25, -0.2) is 0 Å². The van der Waals surface area contributed by atoms with Gasteiger partial charge < -0.3 is 10.1 Å². The van der Waals surface area contributed by atoms with Crippen LogP contribution < -0.4 is 5.32 Å². The maximum absolute atomic E-state index is 11.8. The zero-order valence-electron chi connectivity index (χ0n) is 10.6. The van der Waals surface area contributed by atoms with Crippen LogP contribution >= 0.6 is 0 Å². The highest BCUT2D eigenvalue weighted by Crippen LogP contribution is 2.14. The van der Waals surface area contributed by atoms with Gasteiger partial charge in [-0.05, 0) is 20.3 Å². The van der Waals surface area contributed by atoms with Gasteiger partial charge in [0.2, 0.25) is 5.91 Å². The Morgan fingerprint density at radius 3 is 2.67 bits per heavy atom. The largest absolute Gasteiger partial charge is 0.411 e. The summed E-state index contributed by atoms with van der Waals surface area (Å²) in [5, 5.41) is 2.68.